The van der Waals surface area contributed by atoms with Crippen molar-refractivity contribution in [1.82, 2.24) is 15.3 Å². The number of aryl methyl sites for hydroxylation is 1. The summed E-state index contributed by atoms with van der Waals surface area (Å²) >= 11 is 0. The van der Waals surface area contributed by atoms with Crippen LogP contribution in [0.5, 0.6) is 0 Å². The van der Waals surface area contributed by atoms with Crippen LogP contribution in [0.4, 0.5) is 5.95 Å². The molecule has 1 aromatic carbocycles. The van der Waals surface area contributed by atoms with Crippen LogP contribution in [0.2, 0.25) is 0 Å². The zero-order valence-electron chi connectivity index (χ0n) is 10.4. The summed E-state index contributed by atoms with van der Waals surface area (Å²) in [6.45, 7) is 4.06. The maximum absolute atomic E-state index is 4.35. The van der Waals surface area contributed by atoms with Gasteiger partial charge < -0.3 is 10.6 Å². The van der Waals surface area contributed by atoms with Gasteiger partial charge in [0.05, 0.1) is 6.04 Å². The van der Waals surface area contributed by atoms with Crippen LogP contribution in [-0.2, 0) is 0 Å². The van der Waals surface area contributed by atoms with Gasteiger partial charge in [0.2, 0.25) is 5.95 Å². The lowest BCUT2D eigenvalue weighted by Gasteiger charge is -2.27. The summed E-state index contributed by atoms with van der Waals surface area (Å²) in [5.74, 6) is 0.706. The number of hydrogen-bond acceptors (Lipinski definition) is 4. The van der Waals surface area contributed by atoms with Gasteiger partial charge in [0, 0.05) is 31.0 Å². The maximum atomic E-state index is 4.35. The Hall–Kier alpha value is -1.94. The minimum Gasteiger partial charge on any atom is -0.349 e. The first-order valence-electron chi connectivity index (χ1n) is 6.17. The highest BCUT2D eigenvalue weighted by atomic mass is 15.2. The van der Waals surface area contributed by atoms with E-state index in [-0.39, 0.29) is 0 Å². The Morgan fingerprint density at radius 2 is 1.72 bits per heavy atom. The summed E-state index contributed by atoms with van der Waals surface area (Å²) in [5, 5.41) is 6.49. The Morgan fingerprint density at radius 3 is 2.28 bits per heavy atom. The van der Waals surface area contributed by atoms with E-state index in [1.807, 2.05) is 12.4 Å². The van der Waals surface area contributed by atoms with Gasteiger partial charge in [0.1, 0.15) is 0 Å². The predicted molar refractivity (Wildman–Crippen MR) is 72.5 cm³/mol. The second-order valence-electron chi connectivity index (χ2n) is 4.66. The van der Waals surface area contributed by atoms with Gasteiger partial charge in [0.25, 0.3) is 0 Å². The first-order valence-corrected chi connectivity index (χ1v) is 6.17. The molecule has 0 saturated carbocycles. The molecule has 0 spiro atoms. The third-order valence-electron chi connectivity index (χ3n) is 3.15. The molecule has 2 aromatic rings. The van der Waals surface area contributed by atoms with Crippen LogP contribution in [0.15, 0.2) is 36.7 Å². The van der Waals surface area contributed by atoms with E-state index in [0.29, 0.717) is 12.0 Å². The Kier molecular flexibility index (Phi) is 2.94. The average molecular weight is 240 g/mol. The van der Waals surface area contributed by atoms with Crippen molar-refractivity contribution in [3.63, 3.8) is 0 Å². The van der Waals surface area contributed by atoms with Crippen LogP contribution in [0.1, 0.15) is 5.56 Å². The minimum atomic E-state index is 0.468. The molecule has 0 unspecified atom stereocenters. The number of rotatable bonds is 3. The molecule has 4 heteroatoms. The maximum Gasteiger partial charge on any atom is 0.222 e. The fourth-order valence-electron chi connectivity index (χ4n) is 1.87. The summed E-state index contributed by atoms with van der Waals surface area (Å²) < 4.78 is 0. The zero-order chi connectivity index (χ0) is 12.4. The Balaban J connectivity index is 1.75. The van der Waals surface area contributed by atoms with Crippen molar-refractivity contribution >= 4 is 5.95 Å². The van der Waals surface area contributed by atoms with Gasteiger partial charge in [-0.1, -0.05) is 29.8 Å². The molecule has 1 fully saturated rings. The molecule has 2 heterocycles. The van der Waals surface area contributed by atoms with Crippen molar-refractivity contribution in [2.75, 3.05) is 18.4 Å². The number of anilines is 1. The Labute approximate surface area is 106 Å². The quantitative estimate of drug-likeness (QED) is 0.859. The van der Waals surface area contributed by atoms with Crippen LogP contribution < -0.4 is 10.6 Å². The summed E-state index contributed by atoms with van der Waals surface area (Å²) in [6.07, 6.45) is 3.73. The molecule has 18 heavy (non-hydrogen) atoms. The van der Waals surface area contributed by atoms with E-state index in [0.717, 1.165) is 24.2 Å². The van der Waals surface area contributed by atoms with E-state index < -0.39 is 0 Å². The van der Waals surface area contributed by atoms with E-state index in [1.165, 1.54) is 5.56 Å². The molecule has 1 aromatic heterocycles. The molecule has 0 bridgehead atoms. The molecule has 1 aliphatic rings. The first kappa shape index (κ1) is 11.2. The molecule has 0 radical (unpaired) electrons. The zero-order valence-corrected chi connectivity index (χ0v) is 10.4. The van der Waals surface area contributed by atoms with Gasteiger partial charge in [-0.3, -0.25) is 0 Å². The summed E-state index contributed by atoms with van der Waals surface area (Å²) in [5.41, 5.74) is 3.46. The monoisotopic (exact) mass is 240 g/mol. The molecule has 1 saturated heterocycles. The van der Waals surface area contributed by atoms with Crippen molar-refractivity contribution in [2.24, 2.45) is 0 Å². The van der Waals surface area contributed by atoms with Crippen LogP contribution in [0.3, 0.4) is 0 Å². The second kappa shape index (κ2) is 4.74. The molecule has 3 rings (SSSR count). The average Bonchev–Trinajstić information content (AvgIpc) is 2.36. The number of aromatic nitrogens is 2. The molecule has 1 aliphatic heterocycles. The van der Waals surface area contributed by atoms with Crippen molar-refractivity contribution in [3.05, 3.63) is 42.2 Å². The second-order valence-corrected chi connectivity index (χ2v) is 4.66. The van der Waals surface area contributed by atoms with Gasteiger partial charge in [-0.25, -0.2) is 9.97 Å². The Bertz CT molecular complexity index is 514. The van der Waals surface area contributed by atoms with Crippen LogP contribution in [0.25, 0.3) is 11.1 Å². The molecular weight excluding hydrogens is 224 g/mol. The highest BCUT2D eigenvalue weighted by Gasteiger charge is 2.16. The van der Waals surface area contributed by atoms with Crippen molar-refractivity contribution in [3.8, 4) is 11.1 Å². The molecule has 2 N–H and O–H groups in total. The summed E-state index contributed by atoms with van der Waals surface area (Å²) in [6, 6.07) is 8.85. The SMILES string of the molecule is Cc1ccc(-c2cnc(NC3CNC3)nc2)cc1. The molecule has 0 aliphatic carbocycles. The first-order chi connectivity index (χ1) is 8.81. The summed E-state index contributed by atoms with van der Waals surface area (Å²) in [7, 11) is 0. The van der Waals surface area contributed by atoms with Crippen molar-refractivity contribution in [1.29, 1.82) is 0 Å². The topological polar surface area (TPSA) is 49.8 Å². The number of nitrogens with zero attached hydrogens (tertiary/aromatic N) is 2. The predicted octanol–water partition coefficient (Wildman–Crippen LogP) is 1.84. The van der Waals surface area contributed by atoms with Gasteiger partial charge in [0.15, 0.2) is 0 Å². The third kappa shape index (κ3) is 2.33. The van der Waals surface area contributed by atoms with Gasteiger partial charge in [-0.15, -0.1) is 0 Å². The number of benzene rings is 1. The highest BCUT2D eigenvalue weighted by molar-refractivity contribution is 5.62. The highest BCUT2D eigenvalue weighted by Crippen LogP contribution is 2.18. The van der Waals surface area contributed by atoms with E-state index in [1.54, 1.807) is 0 Å². The van der Waals surface area contributed by atoms with Crippen molar-refractivity contribution in [2.45, 2.75) is 13.0 Å². The minimum absolute atomic E-state index is 0.468. The van der Waals surface area contributed by atoms with Crippen molar-refractivity contribution < 1.29 is 0 Å². The molecular formula is C14H16N4. The van der Waals surface area contributed by atoms with E-state index in [2.05, 4.69) is 51.8 Å². The largest absolute Gasteiger partial charge is 0.349 e. The van der Waals surface area contributed by atoms with E-state index >= 15 is 0 Å². The molecule has 4 nitrogen and oxygen atoms in total. The molecule has 0 atom stereocenters. The fourth-order valence-corrected chi connectivity index (χ4v) is 1.87. The molecule has 92 valence electrons. The standard InChI is InChI=1S/C14H16N4/c1-10-2-4-11(5-3-10)12-6-16-14(17-7-12)18-13-8-15-9-13/h2-7,13,15H,8-9H2,1H3,(H,16,17,18). The van der Waals surface area contributed by atoms with Gasteiger partial charge in [-0.05, 0) is 12.5 Å². The number of nitrogens with one attached hydrogen (secondary N) is 2. The smallest absolute Gasteiger partial charge is 0.222 e. The number of hydrogen-bond donors (Lipinski definition) is 2. The lowest BCUT2D eigenvalue weighted by molar-refractivity contribution is 0.470. The van der Waals surface area contributed by atoms with Crippen LogP contribution in [-0.4, -0.2) is 29.1 Å². The fraction of sp³-hybridized carbons (Fsp3) is 0.286. The molecule has 0 amide bonds. The van der Waals surface area contributed by atoms with Crippen LogP contribution >= 0.6 is 0 Å². The summed E-state index contributed by atoms with van der Waals surface area (Å²) in [4.78, 5) is 8.70. The Morgan fingerprint density at radius 1 is 1.06 bits per heavy atom. The van der Waals surface area contributed by atoms with E-state index in [9.17, 15) is 0 Å². The van der Waals surface area contributed by atoms with Gasteiger partial charge >= 0.3 is 0 Å². The van der Waals surface area contributed by atoms with Crippen LogP contribution in [0, 0.1) is 6.92 Å². The van der Waals surface area contributed by atoms with Gasteiger partial charge in [-0.2, -0.15) is 0 Å². The normalized spacial score (nSPS) is 15.2. The lowest BCUT2D eigenvalue weighted by atomic mass is 10.1. The lowest BCUT2D eigenvalue weighted by Crippen LogP contribution is -2.51. The van der Waals surface area contributed by atoms with E-state index in [4.69, 9.17) is 0 Å². The third-order valence-corrected chi connectivity index (χ3v) is 3.15.